The Balaban J connectivity index is 2.56. The monoisotopic (exact) mass is 225 g/mol. The summed E-state index contributed by atoms with van der Waals surface area (Å²) in [6, 6.07) is 5.50. The Morgan fingerprint density at radius 1 is 1.50 bits per heavy atom. The zero-order chi connectivity index (χ0) is 8.72. The fourth-order valence-corrected chi connectivity index (χ4v) is 2.05. The fraction of sp³-hybridized carbons (Fsp3) is 0.222. The molecule has 1 aliphatic carbocycles. The van der Waals surface area contributed by atoms with Crippen LogP contribution in [0.15, 0.2) is 18.2 Å². The highest BCUT2D eigenvalue weighted by molar-refractivity contribution is 9.10. The van der Waals surface area contributed by atoms with Crippen LogP contribution in [0.5, 0.6) is 0 Å². The van der Waals surface area contributed by atoms with Crippen molar-refractivity contribution in [2.75, 3.05) is 5.73 Å². The van der Waals surface area contributed by atoms with Gasteiger partial charge in [0.25, 0.3) is 0 Å². The summed E-state index contributed by atoms with van der Waals surface area (Å²) in [6.07, 6.45) is 0.786. The van der Waals surface area contributed by atoms with E-state index in [-0.39, 0.29) is 10.6 Å². The van der Waals surface area contributed by atoms with Gasteiger partial charge in [0, 0.05) is 11.3 Å². The maximum Gasteiger partial charge on any atom is 0.177 e. The molecule has 0 saturated carbocycles. The molecule has 0 spiro atoms. The first kappa shape index (κ1) is 7.80. The van der Waals surface area contributed by atoms with Crippen LogP contribution >= 0.6 is 15.9 Å². The Bertz CT molecular complexity index is 348. The van der Waals surface area contributed by atoms with Crippen LogP contribution in [0, 0.1) is 0 Å². The number of anilines is 1. The number of carbonyl (C=O) groups excluding carboxylic acids is 1. The molecule has 1 aliphatic rings. The van der Waals surface area contributed by atoms with E-state index in [4.69, 9.17) is 5.73 Å². The normalized spacial score (nSPS) is 21.1. The number of ketones is 1. The largest absolute Gasteiger partial charge is 0.399 e. The lowest BCUT2D eigenvalue weighted by Crippen LogP contribution is -2.06. The fourth-order valence-electron chi connectivity index (χ4n) is 1.46. The van der Waals surface area contributed by atoms with Gasteiger partial charge in [-0.05, 0) is 24.1 Å². The van der Waals surface area contributed by atoms with Crippen molar-refractivity contribution in [3.63, 3.8) is 0 Å². The average molecular weight is 226 g/mol. The summed E-state index contributed by atoms with van der Waals surface area (Å²) in [5, 5.41) is 0. The molecule has 0 heterocycles. The van der Waals surface area contributed by atoms with Crippen molar-refractivity contribution in [1.82, 2.24) is 0 Å². The summed E-state index contributed by atoms with van der Waals surface area (Å²) in [4.78, 5) is 11.4. The number of rotatable bonds is 0. The highest BCUT2D eigenvalue weighted by atomic mass is 79.9. The standard InChI is InChI=1S/C9H8BrNO/c10-8-3-5-1-2-6(11)4-7(5)9(8)12/h1-2,4,8H,3,11H2. The minimum absolute atomic E-state index is 0.0469. The Morgan fingerprint density at radius 3 is 3.00 bits per heavy atom. The van der Waals surface area contributed by atoms with Crippen LogP contribution in [0.3, 0.4) is 0 Å². The first-order chi connectivity index (χ1) is 5.68. The van der Waals surface area contributed by atoms with Gasteiger partial charge in [0.05, 0.1) is 4.83 Å². The second kappa shape index (κ2) is 2.59. The molecule has 0 aromatic heterocycles. The molecule has 2 rings (SSSR count). The number of nitrogen functional groups attached to an aromatic ring is 1. The summed E-state index contributed by atoms with van der Waals surface area (Å²) < 4.78 is 0. The maximum atomic E-state index is 11.4. The third-order valence-corrected chi connectivity index (χ3v) is 2.82. The van der Waals surface area contributed by atoms with Crippen LogP contribution < -0.4 is 5.73 Å². The first-order valence-electron chi connectivity index (χ1n) is 3.75. The van der Waals surface area contributed by atoms with Gasteiger partial charge in [0.15, 0.2) is 5.78 Å². The molecule has 62 valence electrons. The predicted octanol–water partition coefficient (Wildman–Crippen LogP) is 1.77. The van der Waals surface area contributed by atoms with Crippen molar-refractivity contribution in [2.24, 2.45) is 0 Å². The van der Waals surface area contributed by atoms with E-state index in [2.05, 4.69) is 15.9 Å². The van der Waals surface area contributed by atoms with Crippen molar-refractivity contribution in [2.45, 2.75) is 11.2 Å². The summed E-state index contributed by atoms with van der Waals surface area (Å²) in [7, 11) is 0. The molecule has 12 heavy (non-hydrogen) atoms. The van der Waals surface area contributed by atoms with Crippen molar-refractivity contribution in [3.05, 3.63) is 29.3 Å². The van der Waals surface area contributed by atoms with Gasteiger partial charge in [-0.25, -0.2) is 0 Å². The average Bonchev–Trinajstić information content (AvgIpc) is 2.31. The van der Waals surface area contributed by atoms with E-state index >= 15 is 0 Å². The van der Waals surface area contributed by atoms with E-state index in [9.17, 15) is 4.79 Å². The molecular weight excluding hydrogens is 218 g/mol. The number of benzene rings is 1. The van der Waals surface area contributed by atoms with Gasteiger partial charge in [0.2, 0.25) is 0 Å². The van der Waals surface area contributed by atoms with Gasteiger partial charge >= 0.3 is 0 Å². The van der Waals surface area contributed by atoms with Gasteiger partial charge in [0.1, 0.15) is 0 Å². The summed E-state index contributed by atoms with van der Waals surface area (Å²) in [5.74, 6) is 0.150. The van der Waals surface area contributed by atoms with Gasteiger partial charge in [-0.1, -0.05) is 22.0 Å². The summed E-state index contributed by atoms with van der Waals surface area (Å²) in [5.41, 5.74) is 8.10. The quantitative estimate of drug-likeness (QED) is 0.541. The SMILES string of the molecule is Nc1ccc2c(c1)C(=O)C(Br)C2. The summed E-state index contributed by atoms with van der Waals surface area (Å²) in [6.45, 7) is 0. The lowest BCUT2D eigenvalue weighted by molar-refractivity contribution is 0.100. The number of nitrogens with two attached hydrogens (primary N) is 1. The minimum Gasteiger partial charge on any atom is -0.399 e. The van der Waals surface area contributed by atoms with Crippen molar-refractivity contribution in [3.8, 4) is 0 Å². The number of halogens is 1. The van der Waals surface area contributed by atoms with Gasteiger partial charge < -0.3 is 5.73 Å². The van der Waals surface area contributed by atoms with Gasteiger partial charge in [-0.15, -0.1) is 0 Å². The van der Waals surface area contributed by atoms with Crippen LogP contribution in [0.1, 0.15) is 15.9 Å². The topological polar surface area (TPSA) is 43.1 Å². The number of fused-ring (bicyclic) bond motifs is 1. The van der Waals surface area contributed by atoms with Crippen LogP contribution in [-0.2, 0) is 6.42 Å². The second-order valence-corrected chi connectivity index (χ2v) is 4.06. The molecule has 2 N–H and O–H groups in total. The molecule has 0 saturated heterocycles. The lowest BCUT2D eigenvalue weighted by atomic mass is 10.1. The molecular formula is C9H8BrNO. The number of carbonyl (C=O) groups is 1. The third kappa shape index (κ3) is 1.05. The minimum atomic E-state index is -0.0469. The predicted molar refractivity (Wildman–Crippen MR) is 51.6 cm³/mol. The molecule has 0 radical (unpaired) electrons. The zero-order valence-corrected chi connectivity index (χ0v) is 7.97. The number of Topliss-reactive ketones (excluding diaryl/α,β-unsaturated/α-hetero) is 1. The zero-order valence-electron chi connectivity index (χ0n) is 6.38. The van der Waals surface area contributed by atoms with E-state index in [0.717, 1.165) is 17.5 Å². The van der Waals surface area contributed by atoms with E-state index < -0.39 is 0 Å². The van der Waals surface area contributed by atoms with Crippen molar-refractivity contribution < 1.29 is 4.79 Å². The number of alkyl halides is 1. The molecule has 0 bridgehead atoms. The lowest BCUT2D eigenvalue weighted by Gasteiger charge is -1.97. The third-order valence-electron chi connectivity index (χ3n) is 2.08. The molecule has 0 fully saturated rings. The highest BCUT2D eigenvalue weighted by Gasteiger charge is 2.27. The van der Waals surface area contributed by atoms with Crippen LogP contribution in [0.4, 0.5) is 5.69 Å². The van der Waals surface area contributed by atoms with Gasteiger partial charge in [-0.3, -0.25) is 4.79 Å². The molecule has 3 heteroatoms. The van der Waals surface area contributed by atoms with Crippen molar-refractivity contribution >= 4 is 27.4 Å². The van der Waals surface area contributed by atoms with Crippen LogP contribution in [-0.4, -0.2) is 10.6 Å². The Morgan fingerprint density at radius 2 is 2.25 bits per heavy atom. The molecule has 1 aromatic carbocycles. The molecule has 0 aliphatic heterocycles. The van der Waals surface area contributed by atoms with E-state index in [1.165, 1.54) is 0 Å². The Kier molecular flexibility index (Phi) is 1.68. The smallest absolute Gasteiger partial charge is 0.177 e. The maximum absolute atomic E-state index is 11.4. The molecule has 0 amide bonds. The van der Waals surface area contributed by atoms with E-state index in [1.54, 1.807) is 6.07 Å². The van der Waals surface area contributed by atoms with Crippen molar-refractivity contribution in [1.29, 1.82) is 0 Å². The molecule has 2 nitrogen and oxygen atoms in total. The number of hydrogen-bond donors (Lipinski definition) is 1. The molecule has 1 unspecified atom stereocenters. The highest BCUT2D eigenvalue weighted by Crippen LogP contribution is 2.28. The molecule has 1 atom stereocenters. The van der Waals surface area contributed by atoms with E-state index in [1.807, 2.05) is 12.1 Å². The molecule has 1 aromatic rings. The Labute approximate surface area is 78.9 Å². The Hall–Kier alpha value is -0.830. The first-order valence-corrected chi connectivity index (χ1v) is 4.67. The number of hydrogen-bond acceptors (Lipinski definition) is 2. The van der Waals surface area contributed by atoms with Crippen LogP contribution in [0.25, 0.3) is 0 Å². The van der Waals surface area contributed by atoms with Crippen LogP contribution in [0.2, 0.25) is 0 Å². The summed E-state index contributed by atoms with van der Waals surface area (Å²) >= 11 is 3.32. The second-order valence-electron chi connectivity index (χ2n) is 2.95. The van der Waals surface area contributed by atoms with E-state index in [0.29, 0.717) is 5.69 Å². The van der Waals surface area contributed by atoms with Gasteiger partial charge in [-0.2, -0.15) is 0 Å².